The molecule has 0 saturated heterocycles. The largest absolute Gasteiger partial charge is 0.489 e. The van der Waals surface area contributed by atoms with Gasteiger partial charge in [0.15, 0.2) is 6.10 Å². The molecule has 1 amide bonds. The van der Waals surface area contributed by atoms with E-state index in [1.165, 1.54) is 5.56 Å². The molecule has 5 nitrogen and oxygen atoms in total. The van der Waals surface area contributed by atoms with Crippen molar-refractivity contribution in [2.45, 2.75) is 40.4 Å². The van der Waals surface area contributed by atoms with Gasteiger partial charge in [-0.3, -0.25) is 4.79 Å². The van der Waals surface area contributed by atoms with E-state index in [0.29, 0.717) is 12.4 Å². The molecule has 3 aromatic rings. The summed E-state index contributed by atoms with van der Waals surface area (Å²) in [7, 11) is 0. The smallest absolute Gasteiger partial charge is 0.280 e. The second-order valence-electron chi connectivity index (χ2n) is 7.55. The van der Waals surface area contributed by atoms with E-state index in [9.17, 15) is 4.79 Å². The van der Waals surface area contributed by atoms with Gasteiger partial charge in [0.2, 0.25) is 0 Å². The maximum absolute atomic E-state index is 12.3. The van der Waals surface area contributed by atoms with Crippen molar-refractivity contribution in [3.05, 3.63) is 94.5 Å². The quantitative estimate of drug-likeness (QED) is 0.410. The van der Waals surface area contributed by atoms with Gasteiger partial charge in [-0.2, -0.15) is 5.10 Å². The average molecular weight is 417 g/mol. The van der Waals surface area contributed by atoms with Gasteiger partial charge in [-0.1, -0.05) is 48.0 Å². The second kappa shape index (κ2) is 10.4. The predicted octanol–water partition coefficient (Wildman–Crippen LogP) is 5.11. The van der Waals surface area contributed by atoms with Crippen molar-refractivity contribution in [1.82, 2.24) is 5.43 Å². The number of hydrogen-bond acceptors (Lipinski definition) is 4. The highest BCUT2D eigenvalue weighted by molar-refractivity contribution is 5.86. The fourth-order valence-electron chi connectivity index (χ4n) is 3.26. The first-order valence-electron chi connectivity index (χ1n) is 10.3. The topological polar surface area (TPSA) is 59.9 Å². The number of ether oxygens (including phenoxy) is 2. The monoisotopic (exact) mass is 416 g/mol. The molecule has 3 rings (SSSR count). The number of nitrogens with zero attached hydrogens (tertiary/aromatic N) is 1. The lowest BCUT2D eigenvalue weighted by atomic mass is 10.0. The predicted molar refractivity (Wildman–Crippen MR) is 124 cm³/mol. The highest BCUT2D eigenvalue weighted by atomic mass is 16.5. The second-order valence-corrected chi connectivity index (χ2v) is 7.55. The first-order valence-corrected chi connectivity index (χ1v) is 10.3. The standard InChI is InChI=1S/C26H28N2O3/c1-18-14-19(2)25(20(3)15-18)16-27-28-26(29)21(4)31-24-12-10-23(11-13-24)30-17-22-8-6-5-7-9-22/h5-16,21H,17H2,1-4H3,(H,28,29)/b27-16+. The van der Waals surface area contributed by atoms with E-state index >= 15 is 0 Å². The number of aryl methyl sites for hydroxylation is 3. The summed E-state index contributed by atoms with van der Waals surface area (Å²) in [6.45, 7) is 8.30. The van der Waals surface area contributed by atoms with Crippen LogP contribution in [0.25, 0.3) is 0 Å². The van der Waals surface area contributed by atoms with E-state index in [1.54, 1.807) is 25.3 Å². The molecule has 0 spiro atoms. The molecular formula is C26H28N2O3. The van der Waals surface area contributed by atoms with Gasteiger partial charge < -0.3 is 9.47 Å². The van der Waals surface area contributed by atoms with Gasteiger partial charge in [-0.25, -0.2) is 5.43 Å². The van der Waals surface area contributed by atoms with Gasteiger partial charge in [0, 0.05) is 5.56 Å². The molecule has 5 heteroatoms. The Morgan fingerprint density at radius 1 is 0.968 bits per heavy atom. The summed E-state index contributed by atoms with van der Waals surface area (Å²) in [5.41, 5.74) is 8.10. The third kappa shape index (κ3) is 6.44. The molecule has 0 radical (unpaired) electrons. The van der Waals surface area contributed by atoms with Gasteiger partial charge in [0.05, 0.1) is 6.21 Å². The maximum atomic E-state index is 12.3. The third-order valence-electron chi connectivity index (χ3n) is 4.86. The Kier molecular flexibility index (Phi) is 7.44. The lowest BCUT2D eigenvalue weighted by Gasteiger charge is -2.14. The molecule has 0 aliphatic heterocycles. The van der Waals surface area contributed by atoms with Gasteiger partial charge in [0.1, 0.15) is 18.1 Å². The van der Waals surface area contributed by atoms with Crippen LogP contribution in [0, 0.1) is 20.8 Å². The molecule has 0 aliphatic carbocycles. The van der Waals surface area contributed by atoms with Crippen LogP contribution in [0.1, 0.15) is 34.7 Å². The number of benzene rings is 3. The summed E-state index contributed by atoms with van der Waals surface area (Å²) < 4.78 is 11.5. The van der Waals surface area contributed by atoms with Gasteiger partial charge >= 0.3 is 0 Å². The van der Waals surface area contributed by atoms with Crippen molar-refractivity contribution in [3.63, 3.8) is 0 Å². The Balaban J connectivity index is 1.50. The normalized spacial score (nSPS) is 11.9. The van der Waals surface area contributed by atoms with Crippen LogP contribution in [0.3, 0.4) is 0 Å². The van der Waals surface area contributed by atoms with Crippen LogP contribution in [0.4, 0.5) is 0 Å². The lowest BCUT2D eigenvalue weighted by Crippen LogP contribution is -2.33. The van der Waals surface area contributed by atoms with E-state index in [2.05, 4.69) is 29.6 Å². The fourth-order valence-corrected chi connectivity index (χ4v) is 3.26. The Labute approximate surface area is 183 Å². The number of amides is 1. The van der Waals surface area contributed by atoms with Crippen LogP contribution >= 0.6 is 0 Å². The van der Waals surface area contributed by atoms with Crippen molar-refractivity contribution in [3.8, 4) is 11.5 Å². The molecule has 3 aromatic carbocycles. The minimum Gasteiger partial charge on any atom is -0.489 e. The van der Waals surface area contributed by atoms with Gasteiger partial charge in [-0.15, -0.1) is 0 Å². The number of hydrogen-bond donors (Lipinski definition) is 1. The zero-order chi connectivity index (χ0) is 22.2. The molecule has 0 heterocycles. The Morgan fingerprint density at radius 2 is 1.58 bits per heavy atom. The molecule has 1 unspecified atom stereocenters. The van der Waals surface area contributed by atoms with Crippen LogP contribution in [0.2, 0.25) is 0 Å². The minimum absolute atomic E-state index is 0.317. The molecule has 31 heavy (non-hydrogen) atoms. The summed E-state index contributed by atoms with van der Waals surface area (Å²) >= 11 is 0. The highest BCUT2D eigenvalue weighted by Gasteiger charge is 2.14. The number of carbonyl (C=O) groups is 1. The molecule has 0 saturated carbocycles. The van der Waals surface area contributed by atoms with Crippen molar-refractivity contribution < 1.29 is 14.3 Å². The minimum atomic E-state index is -0.687. The van der Waals surface area contributed by atoms with E-state index in [4.69, 9.17) is 9.47 Å². The van der Waals surface area contributed by atoms with E-state index in [1.807, 2.05) is 56.3 Å². The Bertz CT molecular complexity index is 1020. The SMILES string of the molecule is Cc1cc(C)c(/C=N/NC(=O)C(C)Oc2ccc(OCc3ccccc3)cc2)c(C)c1. The molecule has 0 bridgehead atoms. The zero-order valence-corrected chi connectivity index (χ0v) is 18.4. The molecule has 0 aromatic heterocycles. The molecule has 1 N–H and O–H groups in total. The van der Waals surface area contributed by atoms with Crippen molar-refractivity contribution in [2.24, 2.45) is 5.10 Å². The van der Waals surface area contributed by atoms with Crippen molar-refractivity contribution >= 4 is 12.1 Å². The average Bonchev–Trinajstić information content (AvgIpc) is 2.75. The summed E-state index contributed by atoms with van der Waals surface area (Å²) in [5, 5.41) is 4.10. The summed E-state index contributed by atoms with van der Waals surface area (Å²) in [5.74, 6) is 1.01. The lowest BCUT2D eigenvalue weighted by molar-refractivity contribution is -0.127. The zero-order valence-electron chi connectivity index (χ0n) is 18.4. The Hall–Kier alpha value is -3.60. The molecule has 160 valence electrons. The first kappa shape index (κ1) is 22.1. The summed E-state index contributed by atoms with van der Waals surface area (Å²) in [6, 6.07) is 21.4. The van der Waals surface area contributed by atoms with Gasteiger partial charge in [0.25, 0.3) is 5.91 Å². The summed E-state index contributed by atoms with van der Waals surface area (Å²) in [4.78, 5) is 12.3. The maximum Gasteiger partial charge on any atom is 0.280 e. The number of nitrogens with one attached hydrogen (secondary N) is 1. The summed E-state index contributed by atoms with van der Waals surface area (Å²) in [6.07, 6.45) is 0.988. The molecular weight excluding hydrogens is 388 g/mol. The van der Waals surface area contributed by atoms with Crippen LogP contribution < -0.4 is 14.9 Å². The molecule has 1 atom stereocenters. The van der Waals surface area contributed by atoms with E-state index < -0.39 is 6.10 Å². The van der Waals surface area contributed by atoms with E-state index in [0.717, 1.165) is 28.0 Å². The number of rotatable bonds is 8. The van der Waals surface area contributed by atoms with Crippen LogP contribution in [-0.2, 0) is 11.4 Å². The van der Waals surface area contributed by atoms with Gasteiger partial charge in [-0.05, 0) is 68.7 Å². The number of hydrazone groups is 1. The van der Waals surface area contributed by atoms with Crippen LogP contribution in [0.15, 0.2) is 71.8 Å². The van der Waals surface area contributed by atoms with Crippen molar-refractivity contribution in [1.29, 1.82) is 0 Å². The fraction of sp³-hybridized carbons (Fsp3) is 0.231. The molecule has 0 fully saturated rings. The Morgan fingerprint density at radius 3 is 2.23 bits per heavy atom. The van der Waals surface area contributed by atoms with E-state index in [-0.39, 0.29) is 5.91 Å². The van der Waals surface area contributed by atoms with Crippen LogP contribution in [-0.4, -0.2) is 18.2 Å². The first-order chi connectivity index (χ1) is 14.9. The molecule has 0 aliphatic rings. The van der Waals surface area contributed by atoms with Crippen LogP contribution in [0.5, 0.6) is 11.5 Å². The third-order valence-corrected chi connectivity index (χ3v) is 4.86. The van der Waals surface area contributed by atoms with Crippen molar-refractivity contribution in [2.75, 3.05) is 0 Å². The highest BCUT2D eigenvalue weighted by Crippen LogP contribution is 2.20. The number of carbonyl (C=O) groups excluding carboxylic acids is 1.